The Bertz CT molecular complexity index is 1230. The monoisotopic (exact) mass is 947 g/mol. The van der Waals surface area contributed by atoms with Gasteiger partial charge in [-0.15, -0.1) is 0 Å². The van der Waals surface area contributed by atoms with Crippen molar-refractivity contribution < 1.29 is 63.1 Å². The van der Waals surface area contributed by atoms with Gasteiger partial charge in [-0.25, -0.2) is 4.57 Å². The molecule has 0 aromatic heterocycles. The van der Waals surface area contributed by atoms with Crippen LogP contribution in [-0.4, -0.2) is 98.3 Å². The molecule has 1 rings (SSSR count). The van der Waals surface area contributed by atoms with Gasteiger partial charge in [0.25, 0.3) is 0 Å². The minimum atomic E-state index is -5.12. The van der Waals surface area contributed by atoms with Crippen molar-refractivity contribution in [3.8, 4) is 0 Å². The van der Waals surface area contributed by atoms with Crippen molar-refractivity contribution >= 4 is 19.8 Å². The molecule has 65 heavy (non-hydrogen) atoms. The molecule has 0 amide bonds. The Balaban J connectivity index is 2.39. The predicted octanol–water partition coefficient (Wildman–Crippen LogP) is 11.2. The summed E-state index contributed by atoms with van der Waals surface area (Å²) >= 11 is 0. The summed E-state index contributed by atoms with van der Waals surface area (Å²) in [6.07, 6.45) is 33.6. The van der Waals surface area contributed by atoms with E-state index in [2.05, 4.69) is 38.2 Å². The van der Waals surface area contributed by atoms with Crippen LogP contribution in [0.4, 0.5) is 0 Å². The van der Waals surface area contributed by atoms with Gasteiger partial charge >= 0.3 is 19.8 Å². The molecular weight excluding hydrogens is 852 g/mol. The summed E-state index contributed by atoms with van der Waals surface area (Å²) in [4.78, 5) is 35.8. The summed E-state index contributed by atoms with van der Waals surface area (Å²) in [6, 6.07) is 0. The molecule has 0 spiro atoms. The van der Waals surface area contributed by atoms with Crippen LogP contribution in [0.5, 0.6) is 0 Å². The quantitative estimate of drug-likeness (QED) is 0.0146. The van der Waals surface area contributed by atoms with E-state index in [1.807, 2.05) is 0 Å². The van der Waals surface area contributed by atoms with Crippen molar-refractivity contribution in [3.05, 3.63) is 24.3 Å². The first-order valence-corrected chi connectivity index (χ1v) is 27.6. The predicted molar refractivity (Wildman–Crippen MR) is 258 cm³/mol. The second kappa shape index (κ2) is 41.3. The molecule has 0 aromatic rings. The average molecular weight is 947 g/mol. The molecule has 0 radical (unpaired) electrons. The number of carbonyl (C=O) groups excluding carboxylic acids is 2. The standard InChI is InChI=1S/C51H95O13P/c1-3-5-7-9-11-13-15-17-19-21-22-24-26-28-30-32-34-36-38-40-45(53)63-43(42-62-65(59,60)64-51-49(57)47(55)46(54)48(56)50(51)58)41-61-44(52)39-37-35-33-31-29-27-25-23-20-18-16-14-12-10-8-6-4-2/h11,13,17,19,43,46-51,54-58H,3-10,12,14-16,18,20-42H2,1-2H3,(H,59,60)/b13-11-,19-17-/t43-,46?,47-,48?,49?,50?,51?/m1/s1. The maximum atomic E-state index is 12.9. The minimum absolute atomic E-state index is 0.0950. The molecule has 8 atom stereocenters. The molecule has 382 valence electrons. The van der Waals surface area contributed by atoms with Crippen LogP contribution in [0.2, 0.25) is 0 Å². The normalized spacial score (nSPS) is 21.5. The molecule has 1 fully saturated rings. The van der Waals surface area contributed by atoms with Gasteiger partial charge in [0.05, 0.1) is 6.61 Å². The van der Waals surface area contributed by atoms with Gasteiger partial charge in [-0.05, 0) is 44.9 Å². The Hall–Kier alpha value is -1.67. The fourth-order valence-corrected chi connectivity index (χ4v) is 9.06. The highest BCUT2D eigenvalue weighted by Gasteiger charge is 2.51. The Kier molecular flexibility index (Phi) is 39.0. The second-order valence-corrected chi connectivity index (χ2v) is 19.8. The summed E-state index contributed by atoms with van der Waals surface area (Å²) in [7, 11) is -5.12. The topological polar surface area (TPSA) is 210 Å². The maximum absolute atomic E-state index is 12.9. The molecule has 0 aliphatic heterocycles. The van der Waals surface area contributed by atoms with Gasteiger partial charge in [-0.3, -0.25) is 18.6 Å². The van der Waals surface area contributed by atoms with E-state index in [4.69, 9.17) is 18.5 Å². The SMILES string of the molecule is CCCCC/C=C\C/C=C\CCCCCCCCCCCC(=O)O[C@H](COC(=O)CCCCCCCCCCCCCCCCCCC)COP(=O)(O)OC1C(O)C(O)C(O)[C@@H](O)C1O. The number of carbonyl (C=O) groups is 2. The van der Waals surface area contributed by atoms with Crippen molar-refractivity contribution in [1.29, 1.82) is 0 Å². The van der Waals surface area contributed by atoms with Crippen LogP contribution < -0.4 is 0 Å². The van der Waals surface area contributed by atoms with Gasteiger partial charge in [0.15, 0.2) is 6.10 Å². The molecule has 0 aromatic carbocycles. The largest absolute Gasteiger partial charge is 0.472 e. The molecule has 1 saturated carbocycles. The zero-order valence-electron chi connectivity index (χ0n) is 40.8. The van der Waals surface area contributed by atoms with Crippen molar-refractivity contribution in [2.45, 2.75) is 275 Å². The number of unbranched alkanes of at least 4 members (excludes halogenated alkanes) is 28. The van der Waals surface area contributed by atoms with E-state index in [9.17, 15) is 44.6 Å². The van der Waals surface area contributed by atoms with E-state index in [0.717, 1.165) is 57.8 Å². The lowest BCUT2D eigenvalue weighted by Crippen LogP contribution is -2.64. The fourth-order valence-electron chi connectivity index (χ4n) is 8.08. The third-order valence-corrected chi connectivity index (χ3v) is 13.3. The van der Waals surface area contributed by atoms with Crippen LogP contribution in [0.15, 0.2) is 24.3 Å². The zero-order chi connectivity index (χ0) is 47.8. The molecule has 14 heteroatoms. The highest BCUT2D eigenvalue weighted by molar-refractivity contribution is 7.47. The number of rotatable bonds is 44. The zero-order valence-corrected chi connectivity index (χ0v) is 41.7. The smallest absolute Gasteiger partial charge is 0.462 e. The lowest BCUT2D eigenvalue weighted by Gasteiger charge is -2.41. The average Bonchev–Trinajstić information content (AvgIpc) is 3.29. The van der Waals surface area contributed by atoms with Crippen molar-refractivity contribution in [2.75, 3.05) is 13.2 Å². The number of hydrogen-bond acceptors (Lipinski definition) is 12. The van der Waals surface area contributed by atoms with Gasteiger partial charge in [-0.2, -0.15) is 0 Å². The number of allylic oxidation sites excluding steroid dienone is 4. The summed E-state index contributed by atoms with van der Waals surface area (Å²) in [5, 5.41) is 50.3. The van der Waals surface area contributed by atoms with Crippen LogP contribution in [0.1, 0.15) is 232 Å². The number of phosphoric ester groups is 1. The fraction of sp³-hybridized carbons (Fsp3) is 0.882. The Labute approximate surface area is 394 Å². The molecule has 6 unspecified atom stereocenters. The van der Waals surface area contributed by atoms with Crippen LogP contribution >= 0.6 is 7.82 Å². The van der Waals surface area contributed by atoms with E-state index in [1.165, 1.54) is 135 Å². The van der Waals surface area contributed by atoms with E-state index in [1.54, 1.807) is 0 Å². The first-order valence-electron chi connectivity index (χ1n) is 26.1. The van der Waals surface area contributed by atoms with E-state index in [0.29, 0.717) is 12.8 Å². The first-order chi connectivity index (χ1) is 31.4. The van der Waals surface area contributed by atoms with Crippen LogP contribution in [0, 0.1) is 0 Å². The van der Waals surface area contributed by atoms with Gasteiger partial charge in [-0.1, -0.05) is 199 Å². The summed E-state index contributed by atoms with van der Waals surface area (Å²) in [5.74, 6) is -1.09. The van der Waals surface area contributed by atoms with Gasteiger partial charge in [0, 0.05) is 12.8 Å². The van der Waals surface area contributed by atoms with Crippen molar-refractivity contribution in [3.63, 3.8) is 0 Å². The molecule has 6 N–H and O–H groups in total. The molecule has 1 aliphatic rings. The Morgan fingerprint density at radius 2 is 0.831 bits per heavy atom. The molecule has 0 saturated heterocycles. The van der Waals surface area contributed by atoms with Gasteiger partial charge in [0.1, 0.15) is 43.2 Å². The number of ether oxygens (including phenoxy) is 2. The minimum Gasteiger partial charge on any atom is -0.462 e. The number of esters is 2. The third-order valence-electron chi connectivity index (χ3n) is 12.3. The van der Waals surface area contributed by atoms with E-state index < -0.39 is 75.7 Å². The number of hydrogen-bond donors (Lipinski definition) is 6. The van der Waals surface area contributed by atoms with Gasteiger partial charge in [0.2, 0.25) is 0 Å². The van der Waals surface area contributed by atoms with Crippen LogP contribution in [-0.2, 0) is 32.7 Å². The lowest BCUT2D eigenvalue weighted by molar-refractivity contribution is -0.220. The number of aliphatic hydroxyl groups is 5. The first kappa shape index (κ1) is 61.3. The molecule has 0 heterocycles. The van der Waals surface area contributed by atoms with Crippen molar-refractivity contribution in [1.82, 2.24) is 0 Å². The third kappa shape index (κ3) is 33.5. The highest BCUT2D eigenvalue weighted by atomic mass is 31.2. The summed E-state index contributed by atoms with van der Waals surface area (Å²) in [5.41, 5.74) is 0. The summed E-state index contributed by atoms with van der Waals surface area (Å²) in [6.45, 7) is 3.31. The molecule has 13 nitrogen and oxygen atoms in total. The number of aliphatic hydroxyl groups excluding tert-OH is 5. The molecule has 1 aliphatic carbocycles. The second-order valence-electron chi connectivity index (χ2n) is 18.4. The van der Waals surface area contributed by atoms with Crippen molar-refractivity contribution in [2.24, 2.45) is 0 Å². The van der Waals surface area contributed by atoms with Crippen LogP contribution in [0.25, 0.3) is 0 Å². The van der Waals surface area contributed by atoms with Gasteiger partial charge < -0.3 is 39.9 Å². The molecular formula is C51H95O13P. The number of phosphoric acid groups is 1. The lowest BCUT2D eigenvalue weighted by atomic mass is 9.85. The maximum Gasteiger partial charge on any atom is 0.472 e. The highest BCUT2D eigenvalue weighted by Crippen LogP contribution is 2.47. The van der Waals surface area contributed by atoms with Crippen LogP contribution in [0.3, 0.4) is 0 Å². The summed E-state index contributed by atoms with van der Waals surface area (Å²) < 4.78 is 33.7. The van der Waals surface area contributed by atoms with E-state index >= 15 is 0 Å². The molecule has 0 bridgehead atoms. The Morgan fingerprint density at radius 3 is 1.28 bits per heavy atom. The Morgan fingerprint density at radius 1 is 0.477 bits per heavy atom. The van der Waals surface area contributed by atoms with E-state index in [-0.39, 0.29) is 12.8 Å².